The molecule has 1 aromatic carbocycles. The van der Waals surface area contributed by atoms with E-state index in [1.165, 1.54) is 12.8 Å². The van der Waals surface area contributed by atoms with Gasteiger partial charge in [0.25, 0.3) is 5.91 Å². The van der Waals surface area contributed by atoms with E-state index in [1.807, 2.05) is 0 Å². The van der Waals surface area contributed by atoms with Gasteiger partial charge in [0.1, 0.15) is 5.75 Å². The second-order valence-electron chi connectivity index (χ2n) is 6.35. The lowest BCUT2D eigenvalue weighted by atomic mass is 9.99. The van der Waals surface area contributed by atoms with Crippen molar-refractivity contribution in [2.75, 3.05) is 33.3 Å². The van der Waals surface area contributed by atoms with E-state index in [2.05, 4.69) is 17.1 Å². The van der Waals surface area contributed by atoms with E-state index < -0.39 is 6.10 Å². The van der Waals surface area contributed by atoms with E-state index in [1.54, 1.807) is 31.4 Å². The average molecular weight is 320 g/mol. The highest BCUT2D eigenvalue weighted by atomic mass is 16.5. The van der Waals surface area contributed by atoms with E-state index in [0.717, 1.165) is 32.0 Å². The summed E-state index contributed by atoms with van der Waals surface area (Å²) in [6, 6.07) is 6.95. The third-order valence-corrected chi connectivity index (χ3v) is 4.48. The van der Waals surface area contributed by atoms with Gasteiger partial charge in [-0.2, -0.15) is 0 Å². The van der Waals surface area contributed by atoms with Gasteiger partial charge in [-0.3, -0.25) is 4.79 Å². The van der Waals surface area contributed by atoms with Gasteiger partial charge < -0.3 is 20.1 Å². The molecule has 1 aliphatic rings. The molecular weight excluding hydrogens is 292 g/mol. The van der Waals surface area contributed by atoms with Crippen molar-refractivity contribution in [3.05, 3.63) is 29.8 Å². The molecule has 1 amide bonds. The number of nitrogens with zero attached hydrogens (tertiary/aromatic N) is 1. The number of aliphatic hydroxyl groups is 1. The van der Waals surface area contributed by atoms with Gasteiger partial charge in [0, 0.05) is 6.54 Å². The van der Waals surface area contributed by atoms with Gasteiger partial charge in [0.05, 0.1) is 7.11 Å². The summed E-state index contributed by atoms with van der Waals surface area (Å²) >= 11 is 0. The van der Waals surface area contributed by atoms with Crippen molar-refractivity contribution in [1.29, 1.82) is 0 Å². The molecule has 2 N–H and O–H groups in total. The van der Waals surface area contributed by atoms with Crippen LogP contribution in [0.5, 0.6) is 5.75 Å². The van der Waals surface area contributed by atoms with Crippen LogP contribution in [0.3, 0.4) is 0 Å². The normalized spacial score (nSPS) is 17.7. The van der Waals surface area contributed by atoms with Crippen molar-refractivity contribution in [2.45, 2.75) is 32.3 Å². The molecular formula is C18H28N2O3. The number of hydrogen-bond donors (Lipinski definition) is 2. The Morgan fingerprint density at radius 2 is 2.17 bits per heavy atom. The molecule has 23 heavy (non-hydrogen) atoms. The Kier molecular flexibility index (Phi) is 6.86. The molecule has 5 heteroatoms. The number of benzene rings is 1. The van der Waals surface area contributed by atoms with Crippen molar-refractivity contribution in [1.82, 2.24) is 10.2 Å². The Bertz CT molecular complexity index is 499. The fourth-order valence-electron chi connectivity index (χ4n) is 2.86. The molecule has 1 unspecified atom stereocenters. The van der Waals surface area contributed by atoms with Crippen molar-refractivity contribution >= 4 is 5.91 Å². The lowest BCUT2D eigenvalue weighted by molar-refractivity contribution is -0.129. The van der Waals surface area contributed by atoms with Gasteiger partial charge in [-0.25, -0.2) is 0 Å². The Balaban J connectivity index is 1.69. The van der Waals surface area contributed by atoms with Crippen LogP contribution in [0.1, 0.15) is 37.9 Å². The number of rotatable bonds is 7. The van der Waals surface area contributed by atoms with E-state index in [9.17, 15) is 9.90 Å². The number of nitrogens with one attached hydrogen (secondary N) is 1. The molecule has 5 nitrogen and oxygen atoms in total. The summed E-state index contributed by atoms with van der Waals surface area (Å²) in [6.07, 6.45) is 2.29. The van der Waals surface area contributed by atoms with Crippen LogP contribution in [0.4, 0.5) is 0 Å². The summed E-state index contributed by atoms with van der Waals surface area (Å²) in [4.78, 5) is 14.5. The zero-order chi connectivity index (χ0) is 16.7. The number of likely N-dealkylation sites (tertiary alicyclic amines) is 1. The van der Waals surface area contributed by atoms with Gasteiger partial charge in [0.2, 0.25) is 0 Å². The maximum Gasteiger partial charge on any atom is 0.253 e. The minimum Gasteiger partial charge on any atom is -0.497 e. The first kappa shape index (κ1) is 17.8. The van der Waals surface area contributed by atoms with Crippen LogP contribution in [0, 0.1) is 5.92 Å². The monoisotopic (exact) mass is 320 g/mol. The number of ether oxygens (including phenoxy) is 1. The first-order valence-electron chi connectivity index (χ1n) is 8.42. The zero-order valence-corrected chi connectivity index (χ0v) is 14.1. The highest BCUT2D eigenvalue weighted by Gasteiger charge is 2.18. The Hall–Kier alpha value is -1.59. The van der Waals surface area contributed by atoms with Crippen LogP contribution in [-0.2, 0) is 4.79 Å². The van der Waals surface area contributed by atoms with Gasteiger partial charge >= 0.3 is 0 Å². The third-order valence-electron chi connectivity index (χ3n) is 4.48. The van der Waals surface area contributed by atoms with E-state index in [-0.39, 0.29) is 5.91 Å². The fourth-order valence-corrected chi connectivity index (χ4v) is 2.86. The van der Waals surface area contributed by atoms with E-state index in [4.69, 9.17) is 4.74 Å². The molecule has 0 aromatic heterocycles. The highest BCUT2D eigenvalue weighted by Crippen LogP contribution is 2.19. The average Bonchev–Trinajstić information content (AvgIpc) is 2.59. The van der Waals surface area contributed by atoms with Crippen molar-refractivity contribution in [3.63, 3.8) is 0 Å². The predicted octanol–water partition coefficient (Wildman–Crippen LogP) is 1.97. The largest absolute Gasteiger partial charge is 0.497 e. The summed E-state index contributed by atoms with van der Waals surface area (Å²) in [6.45, 7) is 6.20. The molecule has 1 atom stereocenters. The van der Waals surface area contributed by atoms with Crippen molar-refractivity contribution in [2.24, 2.45) is 5.92 Å². The summed E-state index contributed by atoms with van der Waals surface area (Å²) < 4.78 is 5.11. The second-order valence-corrected chi connectivity index (χ2v) is 6.35. The van der Waals surface area contributed by atoms with Crippen LogP contribution in [0.2, 0.25) is 0 Å². The van der Waals surface area contributed by atoms with Crippen LogP contribution < -0.4 is 10.1 Å². The topological polar surface area (TPSA) is 61.8 Å². The Morgan fingerprint density at radius 3 is 2.87 bits per heavy atom. The quantitative estimate of drug-likeness (QED) is 0.754. The number of carbonyl (C=O) groups is 1. The number of piperidine rings is 1. The first-order valence-corrected chi connectivity index (χ1v) is 8.42. The predicted molar refractivity (Wildman–Crippen MR) is 90.4 cm³/mol. The molecule has 1 heterocycles. The lowest BCUT2D eigenvalue weighted by Crippen LogP contribution is -2.36. The van der Waals surface area contributed by atoms with Crippen LogP contribution >= 0.6 is 0 Å². The summed E-state index contributed by atoms with van der Waals surface area (Å²) in [5.41, 5.74) is 0.548. The SMILES string of the molecule is COc1cccc(C(O)C(=O)NCCCN2CCC(C)CC2)c1. The third kappa shape index (κ3) is 5.52. The second kappa shape index (κ2) is 8.89. The minimum absolute atomic E-state index is 0.356. The number of methoxy groups -OCH3 is 1. The summed E-state index contributed by atoms with van der Waals surface area (Å²) in [5.74, 6) is 1.11. The molecule has 2 rings (SSSR count). The number of aliphatic hydroxyl groups excluding tert-OH is 1. The standard InChI is InChI=1S/C18H28N2O3/c1-14-7-11-20(12-8-14)10-4-9-19-18(22)17(21)15-5-3-6-16(13-15)23-2/h3,5-6,13-14,17,21H,4,7-12H2,1-2H3,(H,19,22). The Labute approximate surface area is 138 Å². The van der Waals surface area contributed by atoms with Crippen LogP contribution in [0.25, 0.3) is 0 Å². The van der Waals surface area contributed by atoms with Gasteiger partial charge in [-0.1, -0.05) is 19.1 Å². The molecule has 128 valence electrons. The van der Waals surface area contributed by atoms with Crippen LogP contribution in [-0.4, -0.2) is 49.2 Å². The molecule has 1 aliphatic heterocycles. The molecule has 1 fully saturated rings. The molecule has 0 spiro atoms. The molecule has 0 bridgehead atoms. The Morgan fingerprint density at radius 1 is 1.43 bits per heavy atom. The van der Waals surface area contributed by atoms with Crippen molar-refractivity contribution in [3.8, 4) is 5.75 Å². The highest BCUT2D eigenvalue weighted by molar-refractivity contribution is 5.81. The molecule has 1 saturated heterocycles. The molecule has 0 saturated carbocycles. The number of carbonyl (C=O) groups excluding carboxylic acids is 1. The van der Waals surface area contributed by atoms with Gasteiger partial charge in [0.15, 0.2) is 6.10 Å². The lowest BCUT2D eigenvalue weighted by Gasteiger charge is -2.30. The van der Waals surface area contributed by atoms with Crippen LogP contribution in [0.15, 0.2) is 24.3 Å². The maximum atomic E-state index is 12.0. The number of hydrogen-bond acceptors (Lipinski definition) is 4. The smallest absolute Gasteiger partial charge is 0.253 e. The fraction of sp³-hybridized carbons (Fsp3) is 0.611. The molecule has 0 radical (unpaired) electrons. The van der Waals surface area contributed by atoms with E-state index >= 15 is 0 Å². The maximum absolute atomic E-state index is 12.0. The minimum atomic E-state index is -1.15. The number of amides is 1. The van der Waals surface area contributed by atoms with Crippen molar-refractivity contribution < 1.29 is 14.6 Å². The first-order chi connectivity index (χ1) is 11.1. The summed E-state index contributed by atoms with van der Waals surface area (Å²) in [7, 11) is 1.56. The molecule has 0 aliphatic carbocycles. The van der Waals surface area contributed by atoms with Gasteiger partial charge in [-0.15, -0.1) is 0 Å². The molecule has 1 aromatic rings. The van der Waals surface area contributed by atoms with Gasteiger partial charge in [-0.05, 0) is 62.5 Å². The summed E-state index contributed by atoms with van der Waals surface area (Å²) in [5, 5.41) is 12.9. The zero-order valence-electron chi connectivity index (χ0n) is 14.1. The van der Waals surface area contributed by atoms with E-state index in [0.29, 0.717) is 17.9 Å².